The Labute approximate surface area is 81.3 Å². The van der Waals surface area contributed by atoms with Gasteiger partial charge in [-0.05, 0) is 18.2 Å². The second kappa shape index (κ2) is 4.11. The molecule has 0 saturated heterocycles. The van der Waals surface area contributed by atoms with Gasteiger partial charge in [0.25, 0.3) is 6.43 Å². The molecule has 0 bridgehead atoms. The molecule has 0 aliphatic heterocycles. The first kappa shape index (κ1) is 10.5. The van der Waals surface area contributed by atoms with Crippen molar-refractivity contribution in [1.29, 1.82) is 0 Å². The fourth-order valence-corrected chi connectivity index (χ4v) is 1.36. The third-order valence-electron chi connectivity index (χ3n) is 1.52. The van der Waals surface area contributed by atoms with E-state index in [0.717, 1.165) is 12.1 Å². The van der Waals surface area contributed by atoms with Crippen molar-refractivity contribution in [2.24, 2.45) is 0 Å². The van der Waals surface area contributed by atoms with Crippen molar-refractivity contribution in [2.45, 2.75) is 12.5 Å². The van der Waals surface area contributed by atoms with E-state index in [1.165, 1.54) is 6.07 Å². The molecule has 1 N–H and O–H groups in total. The van der Waals surface area contributed by atoms with Crippen LogP contribution in [0, 0.1) is 5.82 Å². The first-order valence-electron chi connectivity index (χ1n) is 3.43. The molecular weight excluding hydrogens is 249 g/mol. The summed E-state index contributed by atoms with van der Waals surface area (Å²) < 4.78 is 36.9. The van der Waals surface area contributed by atoms with Crippen LogP contribution in [-0.4, -0.2) is 11.5 Å². The molecule has 0 heterocycles. The van der Waals surface area contributed by atoms with E-state index in [2.05, 4.69) is 15.9 Å². The minimum atomic E-state index is -2.92. The molecular formula is C8H6BrF3O. The Bertz CT molecular complexity index is 303. The molecule has 0 amide bonds. The van der Waals surface area contributed by atoms with E-state index in [1.54, 1.807) is 0 Å². The summed E-state index contributed by atoms with van der Waals surface area (Å²) in [5.41, 5.74) is -0.144. The molecule has 13 heavy (non-hydrogen) atoms. The predicted molar refractivity (Wildman–Crippen MR) is 45.1 cm³/mol. The molecule has 1 nitrogen and oxygen atoms in total. The molecule has 5 heteroatoms. The van der Waals surface area contributed by atoms with Crippen LogP contribution in [0.3, 0.4) is 0 Å². The van der Waals surface area contributed by atoms with Gasteiger partial charge in [0.15, 0.2) is 0 Å². The summed E-state index contributed by atoms with van der Waals surface area (Å²) in [6.45, 7) is 0. The van der Waals surface area contributed by atoms with Crippen molar-refractivity contribution in [3.8, 4) is 0 Å². The predicted octanol–water partition coefficient (Wildman–Crippen LogP) is 2.89. The first-order chi connectivity index (χ1) is 6.02. The zero-order valence-corrected chi connectivity index (χ0v) is 7.93. The number of aliphatic hydroxyl groups is 1. The number of aliphatic hydroxyl groups excluding tert-OH is 1. The molecule has 1 aromatic rings. The fraction of sp³-hybridized carbons (Fsp3) is 0.250. The fourth-order valence-electron chi connectivity index (χ4n) is 0.877. The number of alkyl halides is 2. The lowest BCUT2D eigenvalue weighted by atomic mass is 10.1. The summed E-state index contributed by atoms with van der Waals surface area (Å²) in [5.74, 6) is -0.655. The van der Waals surface area contributed by atoms with Gasteiger partial charge in [-0.15, -0.1) is 0 Å². The maximum absolute atomic E-state index is 12.6. The van der Waals surface area contributed by atoms with Gasteiger partial charge in [-0.2, -0.15) is 0 Å². The Kier molecular flexibility index (Phi) is 3.33. The first-order valence-corrected chi connectivity index (χ1v) is 4.23. The quantitative estimate of drug-likeness (QED) is 0.861. The smallest absolute Gasteiger partial charge is 0.268 e. The van der Waals surface area contributed by atoms with Crippen LogP contribution >= 0.6 is 15.9 Å². The Morgan fingerprint density at radius 1 is 1.31 bits per heavy atom. The van der Waals surface area contributed by atoms with Crippen molar-refractivity contribution in [2.75, 3.05) is 0 Å². The number of rotatable bonds is 2. The van der Waals surface area contributed by atoms with E-state index in [1.807, 2.05) is 0 Å². The summed E-state index contributed by atoms with van der Waals surface area (Å²) >= 11 is 2.94. The standard InChI is InChI=1S/C8H6BrF3O/c9-6-2-1-4(10)3-5(6)7(13)8(11)12/h1-3,7-8,13H. The third-order valence-corrected chi connectivity index (χ3v) is 2.24. The topological polar surface area (TPSA) is 20.2 Å². The number of hydrogen-bond donors (Lipinski definition) is 1. The van der Waals surface area contributed by atoms with Crippen molar-refractivity contribution in [3.05, 3.63) is 34.1 Å². The lowest BCUT2D eigenvalue weighted by molar-refractivity contribution is -0.00632. The lowest BCUT2D eigenvalue weighted by Crippen LogP contribution is -2.08. The summed E-state index contributed by atoms with van der Waals surface area (Å²) in [4.78, 5) is 0. The summed E-state index contributed by atoms with van der Waals surface area (Å²) in [5, 5.41) is 8.96. The van der Waals surface area contributed by atoms with Gasteiger partial charge in [-0.1, -0.05) is 15.9 Å². The highest BCUT2D eigenvalue weighted by atomic mass is 79.9. The molecule has 0 aliphatic carbocycles. The van der Waals surface area contributed by atoms with E-state index >= 15 is 0 Å². The molecule has 1 aromatic carbocycles. The van der Waals surface area contributed by atoms with Gasteiger partial charge in [-0.3, -0.25) is 0 Å². The van der Waals surface area contributed by atoms with Gasteiger partial charge < -0.3 is 5.11 Å². The van der Waals surface area contributed by atoms with E-state index in [4.69, 9.17) is 5.11 Å². The van der Waals surface area contributed by atoms with Crippen LogP contribution < -0.4 is 0 Å². The van der Waals surface area contributed by atoms with Gasteiger partial charge in [0.05, 0.1) is 0 Å². The van der Waals surface area contributed by atoms with Gasteiger partial charge in [0, 0.05) is 10.0 Å². The molecule has 0 aliphatic rings. The molecule has 72 valence electrons. The van der Waals surface area contributed by atoms with E-state index in [0.29, 0.717) is 0 Å². The maximum atomic E-state index is 12.6. The summed E-state index contributed by atoms with van der Waals surface area (Å²) in [6, 6.07) is 3.27. The lowest BCUT2D eigenvalue weighted by Gasteiger charge is -2.11. The maximum Gasteiger partial charge on any atom is 0.268 e. The Balaban J connectivity index is 3.05. The number of halogens is 4. The molecule has 0 fully saturated rings. The third kappa shape index (κ3) is 2.45. The Morgan fingerprint density at radius 2 is 1.92 bits per heavy atom. The molecule has 0 spiro atoms. The van der Waals surface area contributed by atoms with Crippen LogP contribution in [0.5, 0.6) is 0 Å². The number of benzene rings is 1. The van der Waals surface area contributed by atoms with E-state index < -0.39 is 18.3 Å². The largest absolute Gasteiger partial charge is 0.382 e. The summed E-state index contributed by atoms with van der Waals surface area (Å²) in [7, 11) is 0. The number of hydrogen-bond acceptors (Lipinski definition) is 1. The van der Waals surface area contributed by atoms with Crippen molar-refractivity contribution >= 4 is 15.9 Å². The average Bonchev–Trinajstić information content (AvgIpc) is 2.08. The molecule has 0 radical (unpaired) electrons. The van der Waals surface area contributed by atoms with E-state index in [9.17, 15) is 13.2 Å². The minimum Gasteiger partial charge on any atom is -0.382 e. The van der Waals surface area contributed by atoms with Crippen LogP contribution in [0.1, 0.15) is 11.7 Å². The Morgan fingerprint density at radius 3 is 2.46 bits per heavy atom. The highest BCUT2D eigenvalue weighted by Crippen LogP contribution is 2.28. The molecule has 1 atom stereocenters. The average molecular weight is 255 g/mol. The van der Waals surface area contributed by atoms with Crippen LogP contribution in [-0.2, 0) is 0 Å². The van der Waals surface area contributed by atoms with Gasteiger partial charge >= 0.3 is 0 Å². The zero-order valence-electron chi connectivity index (χ0n) is 6.35. The van der Waals surface area contributed by atoms with E-state index in [-0.39, 0.29) is 10.0 Å². The molecule has 1 rings (SSSR count). The molecule has 0 saturated carbocycles. The van der Waals surface area contributed by atoms with Gasteiger partial charge in [-0.25, -0.2) is 13.2 Å². The summed E-state index contributed by atoms with van der Waals surface area (Å²) in [6.07, 6.45) is -4.87. The minimum absolute atomic E-state index is 0.144. The van der Waals surface area contributed by atoms with Crippen molar-refractivity contribution in [1.82, 2.24) is 0 Å². The van der Waals surface area contributed by atoms with Crippen LogP contribution in [0.4, 0.5) is 13.2 Å². The highest BCUT2D eigenvalue weighted by Gasteiger charge is 2.21. The van der Waals surface area contributed by atoms with Crippen molar-refractivity contribution in [3.63, 3.8) is 0 Å². The Hall–Kier alpha value is -0.550. The molecule has 0 aromatic heterocycles. The van der Waals surface area contributed by atoms with Crippen LogP contribution in [0.25, 0.3) is 0 Å². The van der Waals surface area contributed by atoms with Crippen LogP contribution in [0.2, 0.25) is 0 Å². The van der Waals surface area contributed by atoms with Gasteiger partial charge in [0.1, 0.15) is 11.9 Å². The molecule has 1 unspecified atom stereocenters. The zero-order chi connectivity index (χ0) is 10.0. The SMILES string of the molecule is OC(c1cc(F)ccc1Br)C(F)F. The second-order valence-electron chi connectivity index (χ2n) is 2.45. The highest BCUT2D eigenvalue weighted by molar-refractivity contribution is 9.10. The second-order valence-corrected chi connectivity index (χ2v) is 3.30. The van der Waals surface area contributed by atoms with Crippen molar-refractivity contribution < 1.29 is 18.3 Å². The van der Waals surface area contributed by atoms with Gasteiger partial charge in [0.2, 0.25) is 0 Å². The van der Waals surface area contributed by atoms with Crippen LogP contribution in [0.15, 0.2) is 22.7 Å². The normalized spacial score (nSPS) is 13.4. The monoisotopic (exact) mass is 254 g/mol.